The molecule has 0 spiro atoms. The quantitative estimate of drug-likeness (QED) is 0.628. The van der Waals surface area contributed by atoms with Crippen LogP contribution in [-0.2, 0) is 4.79 Å². The average molecular weight is 305 g/mol. The molecule has 1 nitrogen and oxygen atoms in total. The molecule has 0 aromatic rings. The molecule has 0 heterocycles. The summed E-state index contributed by atoms with van der Waals surface area (Å²) in [6.07, 6.45) is 0. The van der Waals surface area contributed by atoms with E-state index in [2.05, 4.69) is 0 Å². The zero-order valence-electron chi connectivity index (χ0n) is 5.99. The summed E-state index contributed by atoms with van der Waals surface area (Å²) in [5.41, 5.74) is 0. The lowest BCUT2D eigenvalue weighted by molar-refractivity contribution is -0.119. The Morgan fingerprint density at radius 3 is 1.54 bits per heavy atom. The summed E-state index contributed by atoms with van der Waals surface area (Å²) < 4.78 is -1.49. The second kappa shape index (κ2) is 4.11. The fourth-order valence-corrected chi connectivity index (χ4v) is 3.06. The topological polar surface area (TPSA) is 17.1 Å². The Kier molecular flexibility index (Phi) is 3.95. The highest BCUT2D eigenvalue weighted by atomic mass is 35.5. The maximum absolute atomic E-state index is 11.3. The summed E-state index contributed by atoms with van der Waals surface area (Å²) in [6, 6.07) is 0. The van der Waals surface area contributed by atoms with Crippen molar-refractivity contribution in [3.8, 4) is 0 Å². The molecule has 0 saturated heterocycles. The van der Waals surface area contributed by atoms with E-state index < -0.39 is 31.6 Å². The molecule has 7 heteroatoms. The van der Waals surface area contributed by atoms with Gasteiger partial charge in [-0.1, -0.05) is 23.2 Å². The molecule has 4 atom stereocenters. The van der Waals surface area contributed by atoms with E-state index >= 15 is 0 Å². The number of carbonyl (C=O) groups excluding carboxylic acids is 1. The average Bonchev–Trinajstić information content (AvgIpc) is 2.09. The highest BCUT2D eigenvalue weighted by Crippen LogP contribution is 2.46. The number of hydrogen-bond donors (Lipinski definition) is 0. The fourth-order valence-electron chi connectivity index (χ4n) is 0.983. The van der Waals surface area contributed by atoms with Crippen LogP contribution >= 0.6 is 69.6 Å². The molecule has 0 aliphatic heterocycles. The van der Waals surface area contributed by atoms with Crippen molar-refractivity contribution in [1.82, 2.24) is 0 Å². The normalized spacial score (nSPS) is 44.9. The molecule has 4 unspecified atom stereocenters. The van der Waals surface area contributed by atoms with Crippen molar-refractivity contribution in [3.63, 3.8) is 0 Å². The maximum atomic E-state index is 11.3. The Morgan fingerprint density at radius 2 is 1.23 bits per heavy atom. The van der Waals surface area contributed by atoms with E-state index in [1.165, 1.54) is 0 Å². The number of rotatable bonds is 0. The zero-order chi connectivity index (χ0) is 10.4. The zero-order valence-corrected chi connectivity index (χ0v) is 10.5. The van der Waals surface area contributed by atoms with Gasteiger partial charge in [-0.05, 0) is 0 Å². The summed E-state index contributed by atoms with van der Waals surface area (Å²) >= 11 is 34.5. The number of Topliss-reactive ketones (excluding diaryl/α,β-unsaturated/α-hetero) is 1. The largest absolute Gasteiger partial charge is 0.296 e. The molecule has 0 aromatic carbocycles. The van der Waals surface area contributed by atoms with Crippen LogP contribution in [0.25, 0.3) is 0 Å². The van der Waals surface area contributed by atoms with Gasteiger partial charge in [0, 0.05) is 0 Å². The highest BCUT2D eigenvalue weighted by molar-refractivity contribution is 6.61. The minimum atomic E-state index is -1.49. The minimum absolute atomic E-state index is 0.444. The van der Waals surface area contributed by atoms with Crippen LogP contribution in [0.3, 0.4) is 0 Å². The maximum Gasteiger partial charge on any atom is 0.171 e. The molecule has 0 amide bonds. The SMILES string of the molecule is O=C1C(Cl)C(Cl)C(Cl)(Cl)C(Cl)C1Cl. The van der Waals surface area contributed by atoms with Crippen molar-refractivity contribution < 1.29 is 4.79 Å². The lowest BCUT2D eigenvalue weighted by atomic mass is 9.96. The van der Waals surface area contributed by atoms with Crippen molar-refractivity contribution in [2.24, 2.45) is 0 Å². The molecule has 76 valence electrons. The van der Waals surface area contributed by atoms with E-state index in [1.807, 2.05) is 0 Å². The second-order valence-electron chi connectivity index (χ2n) is 2.68. The molecule has 13 heavy (non-hydrogen) atoms. The standard InChI is InChI=1S/C6H4Cl6O/c7-1-3(13)2(8)5(10)6(11,12)4(1)9/h1-2,4-5H. The van der Waals surface area contributed by atoms with Gasteiger partial charge in [-0.3, -0.25) is 4.79 Å². The molecule has 0 aromatic heterocycles. The lowest BCUT2D eigenvalue weighted by Crippen LogP contribution is -2.57. The first-order valence-corrected chi connectivity index (χ1v) is 5.78. The first-order valence-electron chi connectivity index (χ1n) is 3.28. The van der Waals surface area contributed by atoms with Crippen molar-refractivity contribution in [1.29, 1.82) is 0 Å². The van der Waals surface area contributed by atoms with Crippen LogP contribution in [0.15, 0.2) is 0 Å². The van der Waals surface area contributed by atoms with Gasteiger partial charge in [0.05, 0.1) is 10.8 Å². The van der Waals surface area contributed by atoms with Crippen LogP contribution in [0.1, 0.15) is 0 Å². The Balaban J connectivity index is 3.00. The molecule has 1 aliphatic carbocycles. The molecule has 0 radical (unpaired) electrons. The fraction of sp³-hybridized carbons (Fsp3) is 0.833. The van der Waals surface area contributed by atoms with E-state index in [4.69, 9.17) is 69.6 Å². The minimum Gasteiger partial charge on any atom is -0.296 e. The molecule has 0 N–H and O–H groups in total. The van der Waals surface area contributed by atoms with Gasteiger partial charge in [0.1, 0.15) is 10.8 Å². The summed E-state index contributed by atoms with van der Waals surface area (Å²) in [7, 11) is 0. The molecule has 1 aliphatic rings. The summed E-state index contributed by atoms with van der Waals surface area (Å²) in [4.78, 5) is 11.3. The number of alkyl halides is 6. The van der Waals surface area contributed by atoms with Crippen molar-refractivity contribution in [3.05, 3.63) is 0 Å². The van der Waals surface area contributed by atoms with Crippen LogP contribution in [0, 0.1) is 0 Å². The highest BCUT2D eigenvalue weighted by Gasteiger charge is 2.56. The Bertz CT molecular complexity index is 209. The molecule has 1 fully saturated rings. The number of carbonyl (C=O) groups is 1. The summed E-state index contributed by atoms with van der Waals surface area (Å²) in [5.74, 6) is -0.444. The van der Waals surface area contributed by atoms with Gasteiger partial charge in [-0.2, -0.15) is 0 Å². The predicted octanol–water partition coefficient (Wildman–Crippen LogP) is 3.17. The van der Waals surface area contributed by atoms with E-state index in [-0.39, 0.29) is 0 Å². The van der Waals surface area contributed by atoms with Crippen LogP contribution in [0.5, 0.6) is 0 Å². The second-order valence-corrected chi connectivity index (χ2v) is 6.01. The van der Waals surface area contributed by atoms with Crippen LogP contribution < -0.4 is 0 Å². The Labute approximate surface area is 106 Å². The molecule has 1 rings (SSSR count). The third-order valence-electron chi connectivity index (χ3n) is 1.79. The Morgan fingerprint density at radius 1 is 0.923 bits per heavy atom. The van der Waals surface area contributed by atoms with E-state index in [9.17, 15) is 4.79 Å². The molecule has 0 bridgehead atoms. The van der Waals surface area contributed by atoms with Crippen molar-refractivity contribution in [2.75, 3.05) is 0 Å². The smallest absolute Gasteiger partial charge is 0.171 e. The third-order valence-corrected chi connectivity index (χ3v) is 5.56. The van der Waals surface area contributed by atoms with E-state index in [0.717, 1.165) is 0 Å². The van der Waals surface area contributed by atoms with Gasteiger partial charge in [0.2, 0.25) is 0 Å². The summed E-state index contributed by atoms with van der Waals surface area (Å²) in [5, 5.41) is -3.90. The van der Waals surface area contributed by atoms with Gasteiger partial charge in [-0.25, -0.2) is 0 Å². The first kappa shape index (κ1) is 12.5. The van der Waals surface area contributed by atoms with Gasteiger partial charge in [0.15, 0.2) is 10.1 Å². The first-order chi connectivity index (χ1) is 5.80. The van der Waals surface area contributed by atoms with Gasteiger partial charge in [0.25, 0.3) is 0 Å². The third kappa shape index (κ3) is 2.02. The van der Waals surface area contributed by atoms with Crippen LogP contribution in [0.4, 0.5) is 0 Å². The van der Waals surface area contributed by atoms with Crippen LogP contribution in [0.2, 0.25) is 0 Å². The lowest BCUT2D eigenvalue weighted by Gasteiger charge is -2.38. The number of halogens is 6. The van der Waals surface area contributed by atoms with Gasteiger partial charge in [-0.15, -0.1) is 46.4 Å². The van der Waals surface area contributed by atoms with Gasteiger partial charge >= 0.3 is 0 Å². The molecular formula is C6H4Cl6O. The summed E-state index contributed by atoms with van der Waals surface area (Å²) in [6.45, 7) is 0. The van der Waals surface area contributed by atoms with Crippen molar-refractivity contribution in [2.45, 2.75) is 25.8 Å². The number of ketones is 1. The van der Waals surface area contributed by atoms with E-state index in [1.54, 1.807) is 0 Å². The van der Waals surface area contributed by atoms with Crippen LogP contribution in [-0.4, -0.2) is 31.6 Å². The molecule has 1 saturated carbocycles. The number of hydrogen-bond acceptors (Lipinski definition) is 1. The van der Waals surface area contributed by atoms with E-state index in [0.29, 0.717) is 0 Å². The molecular weight excluding hydrogens is 301 g/mol. The van der Waals surface area contributed by atoms with Gasteiger partial charge < -0.3 is 0 Å². The monoisotopic (exact) mass is 302 g/mol. The van der Waals surface area contributed by atoms with Crippen molar-refractivity contribution >= 4 is 75.4 Å². The predicted molar refractivity (Wildman–Crippen MR) is 58.0 cm³/mol. The Hall–Kier alpha value is 1.41.